The SMILES string of the molecule is O=C(NCc1ccc(Cl)cc1Cl)C(CC1CCCCC1)Nc1cc(-n2ccnc2)nc(NCCc2ccccn2)n1. The molecule has 1 aliphatic rings. The van der Waals surface area contributed by atoms with Gasteiger partial charge in [0, 0.05) is 59.9 Å². The topological polar surface area (TPSA) is 110 Å². The molecule has 1 saturated carbocycles. The molecule has 1 amide bonds. The first-order valence-corrected chi connectivity index (χ1v) is 14.8. The van der Waals surface area contributed by atoms with E-state index in [4.69, 9.17) is 28.2 Å². The Hall–Kier alpha value is -3.69. The van der Waals surface area contributed by atoms with Crippen molar-refractivity contribution < 1.29 is 4.79 Å². The zero-order valence-electron chi connectivity index (χ0n) is 22.8. The van der Waals surface area contributed by atoms with Gasteiger partial charge >= 0.3 is 0 Å². The monoisotopic (exact) mass is 592 g/mol. The van der Waals surface area contributed by atoms with E-state index in [0.29, 0.717) is 53.1 Å². The quantitative estimate of drug-likeness (QED) is 0.183. The zero-order valence-corrected chi connectivity index (χ0v) is 24.3. The molecule has 9 nitrogen and oxygen atoms in total. The van der Waals surface area contributed by atoms with Crippen molar-refractivity contribution in [1.82, 2.24) is 29.8 Å². The van der Waals surface area contributed by atoms with Crippen LogP contribution in [0, 0.1) is 5.92 Å². The number of aromatic nitrogens is 5. The first-order chi connectivity index (χ1) is 20.0. The van der Waals surface area contributed by atoms with Crippen LogP contribution in [0.5, 0.6) is 0 Å². The van der Waals surface area contributed by atoms with Crippen LogP contribution in [0.3, 0.4) is 0 Å². The van der Waals surface area contributed by atoms with E-state index in [1.54, 1.807) is 30.9 Å². The van der Waals surface area contributed by atoms with Crippen molar-refractivity contribution >= 4 is 40.9 Å². The summed E-state index contributed by atoms with van der Waals surface area (Å²) >= 11 is 12.4. The predicted molar refractivity (Wildman–Crippen MR) is 162 cm³/mol. The fourth-order valence-corrected chi connectivity index (χ4v) is 5.57. The number of pyridine rings is 1. The number of nitrogens with zero attached hydrogens (tertiary/aromatic N) is 5. The zero-order chi connectivity index (χ0) is 28.4. The summed E-state index contributed by atoms with van der Waals surface area (Å²) in [5, 5.41) is 10.9. The standard InChI is InChI=1S/C30H34Cl2N8O/c31-23-10-9-22(25(32)17-23)19-36-29(41)26(16-21-6-2-1-3-7-21)37-27-18-28(40-15-14-33-20-40)39-30(38-27)35-13-11-24-8-4-5-12-34-24/h4-5,8-10,12,14-15,17-18,20-21,26H,1-3,6-7,11,13,16,19H2,(H,36,41)(H2,35,37,38,39). The highest BCUT2D eigenvalue weighted by molar-refractivity contribution is 6.35. The van der Waals surface area contributed by atoms with E-state index in [-0.39, 0.29) is 5.91 Å². The van der Waals surface area contributed by atoms with Crippen molar-refractivity contribution in [3.8, 4) is 5.82 Å². The van der Waals surface area contributed by atoms with Gasteiger partial charge in [-0.15, -0.1) is 0 Å². The van der Waals surface area contributed by atoms with Crippen LogP contribution in [0.25, 0.3) is 5.82 Å². The number of benzene rings is 1. The summed E-state index contributed by atoms with van der Waals surface area (Å²) in [4.78, 5) is 31.5. The number of nitrogens with one attached hydrogen (secondary N) is 3. The molecule has 1 fully saturated rings. The van der Waals surface area contributed by atoms with Crippen molar-refractivity contribution in [2.75, 3.05) is 17.2 Å². The van der Waals surface area contributed by atoms with Crippen LogP contribution in [0.2, 0.25) is 10.0 Å². The van der Waals surface area contributed by atoms with Crippen molar-refractivity contribution in [3.63, 3.8) is 0 Å². The third kappa shape index (κ3) is 8.41. The van der Waals surface area contributed by atoms with Crippen LogP contribution >= 0.6 is 23.2 Å². The number of halogens is 2. The van der Waals surface area contributed by atoms with Gasteiger partial charge in [0.25, 0.3) is 0 Å². The largest absolute Gasteiger partial charge is 0.358 e. The minimum atomic E-state index is -0.476. The van der Waals surface area contributed by atoms with E-state index in [1.807, 2.05) is 41.1 Å². The van der Waals surface area contributed by atoms with E-state index in [0.717, 1.165) is 30.5 Å². The third-order valence-corrected chi connectivity index (χ3v) is 7.86. The Bertz CT molecular complexity index is 1410. The maximum atomic E-state index is 13.6. The average molecular weight is 594 g/mol. The Kier molecular flexibility index (Phi) is 10.0. The van der Waals surface area contributed by atoms with Crippen LogP contribution in [-0.2, 0) is 17.8 Å². The van der Waals surface area contributed by atoms with Crippen molar-refractivity contribution in [3.05, 3.63) is 88.7 Å². The maximum Gasteiger partial charge on any atom is 0.242 e. The summed E-state index contributed by atoms with van der Waals surface area (Å²) in [5.41, 5.74) is 1.79. The molecule has 0 saturated heterocycles. The van der Waals surface area contributed by atoms with Gasteiger partial charge in [-0.2, -0.15) is 9.97 Å². The van der Waals surface area contributed by atoms with E-state index in [1.165, 1.54) is 19.3 Å². The maximum absolute atomic E-state index is 13.6. The van der Waals surface area contributed by atoms with Gasteiger partial charge in [-0.1, -0.05) is 67.4 Å². The van der Waals surface area contributed by atoms with E-state index >= 15 is 0 Å². The molecule has 41 heavy (non-hydrogen) atoms. The number of amides is 1. The summed E-state index contributed by atoms with van der Waals surface area (Å²) in [6.45, 7) is 0.916. The van der Waals surface area contributed by atoms with Crippen molar-refractivity contribution in [2.45, 2.75) is 57.5 Å². The number of carbonyl (C=O) groups is 1. The fourth-order valence-electron chi connectivity index (χ4n) is 5.10. The fraction of sp³-hybridized carbons (Fsp3) is 0.367. The van der Waals surface area contributed by atoms with Gasteiger partial charge in [0.1, 0.15) is 24.0 Å². The highest BCUT2D eigenvalue weighted by Gasteiger charge is 2.25. The van der Waals surface area contributed by atoms with Crippen LogP contribution in [0.4, 0.5) is 11.8 Å². The molecule has 5 rings (SSSR count). The second-order valence-electron chi connectivity index (χ2n) is 10.3. The molecule has 0 bridgehead atoms. The Morgan fingerprint density at radius 2 is 1.93 bits per heavy atom. The lowest BCUT2D eigenvalue weighted by molar-refractivity contribution is -0.122. The Morgan fingerprint density at radius 1 is 1.05 bits per heavy atom. The van der Waals surface area contributed by atoms with Gasteiger partial charge in [0.15, 0.2) is 0 Å². The van der Waals surface area contributed by atoms with Gasteiger partial charge in [-0.05, 0) is 42.2 Å². The molecule has 1 aliphatic carbocycles. The lowest BCUT2D eigenvalue weighted by Gasteiger charge is -2.27. The smallest absolute Gasteiger partial charge is 0.242 e. The molecule has 214 valence electrons. The average Bonchev–Trinajstić information content (AvgIpc) is 3.53. The molecule has 1 aromatic carbocycles. The summed E-state index contributed by atoms with van der Waals surface area (Å²) < 4.78 is 1.82. The van der Waals surface area contributed by atoms with Crippen LogP contribution in [-0.4, -0.2) is 43.0 Å². The van der Waals surface area contributed by atoms with Crippen LogP contribution < -0.4 is 16.0 Å². The normalized spacial score (nSPS) is 14.4. The summed E-state index contributed by atoms with van der Waals surface area (Å²) in [6, 6.07) is 12.5. The summed E-state index contributed by atoms with van der Waals surface area (Å²) in [5.74, 6) is 2.03. The Balaban J connectivity index is 1.34. The molecular weight excluding hydrogens is 559 g/mol. The van der Waals surface area contributed by atoms with Crippen molar-refractivity contribution in [1.29, 1.82) is 0 Å². The number of carbonyl (C=O) groups excluding carboxylic acids is 1. The molecule has 1 atom stereocenters. The highest BCUT2D eigenvalue weighted by atomic mass is 35.5. The minimum Gasteiger partial charge on any atom is -0.358 e. The third-order valence-electron chi connectivity index (χ3n) is 7.27. The van der Waals surface area contributed by atoms with Gasteiger partial charge in [0.2, 0.25) is 11.9 Å². The van der Waals surface area contributed by atoms with Gasteiger partial charge in [-0.3, -0.25) is 14.3 Å². The molecule has 0 aliphatic heterocycles. The van der Waals surface area contributed by atoms with E-state index in [2.05, 4.69) is 30.9 Å². The molecule has 11 heteroatoms. The number of hydrogen-bond donors (Lipinski definition) is 3. The molecule has 1 unspecified atom stereocenters. The molecule has 3 heterocycles. The number of imidazole rings is 1. The van der Waals surface area contributed by atoms with E-state index in [9.17, 15) is 4.79 Å². The van der Waals surface area contributed by atoms with Crippen molar-refractivity contribution in [2.24, 2.45) is 5.92 Å². The summed E-state index contributed by atoms with van der Waals surface area (Å²) in [6.07, 6.45) is 14.3. The Labute approximate surface area is 250 Å². The first-order valence-electron chi connectivity index (χ1n) is 14.0. The lowest BCUT2D eigenvalue weighted by Crippen LogP contribution is -2.41. The minimum absolute atomic E-state index is 0.103. The summed E-state index contributed by atoms with van der Waals surface area (Å²) in [7, 11) is 0. The van der Waals surface area contributed by atoms with Crippen LogP contribution in [0.15, 0.2) is 67.4 Å². The van der Waals surface area contributed by atoms with Crippen LogP contribution in [0.1, 0.15) is 49.8 Å². The lowest BCUT2D eigenvalue weighted by atomic mass is 9.84. The molecule has 0 spiro atoms. The molecule has 4 aromatic rings. The second kappa shape index (κ2) is 14.3. The number of hydrogen-bond acceptors (Lipinski definition) is 7. The van der Waals surface area contributed by atoms with Gasteiger partial charge in [0.05, 0.1) is 0 Å². The predicted octanol–water partition coefficient (Wildman–Crippen LogP) is 6.09. The number of rotatable bonds is 12. The molecular formula is C30H34Cl2N8O. The molecule has 0 radical (unpaired) electrons. The number of anilines is 2. The Morgan fingerprint density at radius 3 is 2.68 bits per heavy atom. The first kappa shape index (κ1) is 28.8. The molecule has 3 aromatic heterocycles. The van der Waals surface area contributed by atoms with Gasteiger partial charge < -0.3 is 16.0 Å². The second-order valence-corrected chi connectivity index (χ2v) is 11.1. The molecule has 3 N–H and O–H groups in total. The highest BCUT2D eigenvalue weighted by Crippen LogP contribution is 2.29. The van der Waals surface area contributed by atoms with Gasteiger partial charge in [-0.25, -0.2) is 4.98 Å². The van der Waals surface area contributed by atoms with E-state index < -0.39 is 6.04 Å².